The monoisotopic (exact) mass is 329 g/mol. The van der Waals surface area contributed by atoms with Gasteiger partial charge in [-0.3, -0.25) is 4.79 Å². The van der Waals surface area contributed by atoms with Crippen LogP contribution in [0.3, 0.4) is 0 Å². The van der Waals surface area contributed by atoms with Crippen LogP contribution in [0.15, 0.2) is 40.9 Å². The molecule has 0 saturated carbocycles. The lowest BCUT2D eigenvalue weighted by Crippen LogP contribution is -2.24. The zero-order chi connectivity index (χ0) is 14.3. The molecule has 0 aromatic heterocycles. The van der Waals surface area contributed by atoms with E-state index in [1.165, 1.54) is 22.3 Å². The molecular weight excluding hydrogens is 314 g/mol. The Morgan fingerprint density at radius 3 is 2.55 bits per heavy atom. The summed E-state index contributed by atoms with van der Waals surface area (Å²) in [6, 6.07) is 12.4. The highest BCUT2D eigenvalue weighted by atomic mass is 79.9. The molecule has 2 aromatic rings. The molecule has 0 bridgehead atoms. The van der Waals surface area contributed by atoms with Gasteiger partial charge in [-0.1, -0.05) is 40.2 Å². The Balaban J connectivity index is 2.17. The van der Waals surface area contributed by atoms with Gasteiger partial charge in [0.1, 0.15) is 0 Å². The number of hydrogen-bond donors (Lipinski definition) is 1. The third kappa shape index (κ3) is 2.27. The summed E-state index contributed by atoms with van der Waals surface area (Å²) in [6.45, 7) is 4.19. The van der Waals surface area contributed by atoms with Gasteiger partial charge in [0.15, 0.2) is 0 Å². The largest absolute Gasteiger partial charge is 0.326 e. The normalized spacial score (nSPS) is 17.6. The molecule has 3 heteroatoms. The summed E-state index contributed by atoms with van der Waals surface area (Å²) in [4.78, 5) is 12.0. The summed E-state index contributed by atoms with van der Waals surface area (Å²) in [5.41, 5.74) is 5.80. The van der Waals surface area contributed by atoms with Crippen molar-refractivity contribution in [2.45, 2.75) is 26.2 Å². The smallest absolute Gasteiger partial charge is 0.225 e. The molecule has 0 radical (unpaired) electrons. The van der Waals surface area contributed by atoms with Crippen molar-refractivity contribution in [3.63, 3.8) is 0 Å². The first-order chi connectivity index (χ1) is 9.56. The second kappa shape index (κ2) is 5.06. The third-order valence-corrected chi connectivity index (χ3v) is 4.71. The maximum atomic E-state index is 12.0. The fourth-order valence-electron chi connectivity index (χ4n) is 2.77. The summed E-state index contributed by atoms with van der Waals surface area (Å²) in [5.74, 6) is 0.204. The zero-order valence-corrected chi connectivity index (χ0v) is 13.1. The number of anilines is 1. The third-order valence-electron chi connectivity index (χ3n) is 3.99. The number of hydrogen-bond acceptors (Lipinski definition) is 1. The Labute approximate surface area is 127 Å². The molecule has 0 fully saturated rings. The minimum Gasteiger partial charge on any atom is -0.326 e. The van der Waals surface area contributed by atoms with Crippen molar-refractivity contribution < 1.29 is 4.79 Å². The molecule has 1 aliphatic rings. The van der Waals surface area contributed by atoms with Crippen molar-refractivity contribution in [2.75, 3.05) is 5.32 Å². The molecule has 2 nitrogen and oxygen atoms in total. The number of aryl methyl sites for hydroxylation is 2. The molecule has 0 spiro atoms. The molecule has 0 unspecified atom stereocenters. The van der Waals surface area contributed by atoms with Crippen molar-refractivity contribution in [1.29, 1.82) is 0 Å². The van der Waals surface area contributed by atoms with Crippen LogP contribution in [0.4, 0.5) is 5.69 Å². The van der Waals surface area contributed by atoms with E-state index < -0.39 is 0 Å². The van der Waals surface area contributed by atoms with Crippen LogP contribution < -0.4 is 5.32 Å². The first kappa shape index (κ1) is 13.4. The molecule has 2 aromatic carbocycles. The summed E-state index contributed by atoms with van der Waals surface area (Å²) >= 11 is 3.60. The van der Waals surface area contributed by atoms with Crippen LogP contribution in [0, 0.1) is 13.8 Å². The lowest BCUT2D eigenvalue weighted by Gasteiger charge is -2.27. The van der Waals surface area contributed by atoms with Crippen LogP contribution in [0.1, 0.15) is 34.6 Å². The molecule has 0 aliphatic carbocycles. The number of carbonyl (C=O) groups excluding carboxylic acids is 1. The number of nitrogens with one attached hydrogen (secondary N) is 1. The second-order valence-electron chi connectivity index (χ2n) is 5.35. The fourth-order valence-corrected chi connectivity index (χ4v) is 3.33. The Morgan fingerprint density at radius 2 is 1.80 bits per heavy atom. The summed E-state index contributed by atoms with van der Waals surface area (Å²) in [7, 11) is 0. The van der Waals surface area contributed by atoms with Gasteiger partial charge in [0.05, 0.1) is 0 Å². The number of halogens is 1. The van der Waals surface area contributed by atoms with Crippen LogP contribution in [-0.2, 0) is 4.79 Å². The van der Waals surface area contributed by atoms with Gasteiger partial charge in [-0.25, -0.2) is 0 Å². The van der Waals surface area contributed by atoms with Gasteiger partial charge in [0.25, 0.3) is 0 Å². The van der Waals surface area contributed by atoms with Crippen LogP contribution in [0.25, 0.3) is 0 Å². The molecule has 0 saturated heterocycles. The SMILES string of the molecule is Cc1cc2c(cc1C)[C@H](c1ccccc1Br)CC(=O)N2. The first-order valence-corrected chi connectivity index (χ1v) is 7.51. The quantitative estimate of drug-likeness (QED) is 0.817. The van der Waals surface area contributed by atoms with E-state index in [2.05, 4.69) is 53.3 Å². The number of benzene rings is 2. The Morgan fingerprint density at radius 1 is 1.10 bits per heavy atom. The topological polar surface area (TPSA) is 29.1 Å². The summed E-state index contributed by atoms with van der Waals surface area (Å²) in [6.07, 6.45) is 0.498. The second-order valence-corrected chi connectivity index (χ2v) is 6.20. The highest BCUT2D eigenvalue weighted by molar-refractivity contribution is 9.10. The van der Waals surface area contributed by atoms with Crippen molar-refractivity contribution in [3.05, 3.63) is 63.1 Å². The van der Waals surface area contributed by atoms with Crippen LogP contribution in [-0.4, -0.2) is 5.91 Å². The average molecular weight is 330 g/mol. The molecule has 1 atom stereocenters. The van der Waals surface area contributed by atoms with E-state index in [0.717, 1.165) is 10.2 Å². The van der Waals surface area contributed by atoms with Gasteiger partial charge in [-0.2, -0.15) is 0 Å². The molecule has 20 heavy (non-hydrogen) atoms. The van der Waals surface area contributed by atoms with E-state index in [9.17, 15) is 4.79 Å². The van der Waals surface area contributed by atoms with Crippen molar-refractivity contribution in [3.8, 4) is 0 Å². The van der Waals surface area contributed by atoms with Gasteiger partial charge >= 0.3 is 0 Å². The highest BCUT2D eigenvalue weighted by Crippen LogP contribution is 2.40. The molecule has 3 rings (SSSR count). The van der Waals surface area contributed by atoms with Gasteiger partial charge in [-0.15, -0.1) is 0 Å². The summed E-state index contributed by atoms with van der Waals surface area (Å²) in [5, 5.41) is 2.99. The van der Waals surface area contributed by atoms with Crippen molar-refractivity contribution >= 4 is 27.5 Å². The van der Waals surface area contributed by atoms with Crippen LogP contribution >= 0.6 is 15.9 Å². The van der Waals surface area contributed by atoms with E-state index in [1.54, 1.807) is 0 Å². The zero-order valence-electron chi connectivity index (χ0n) is 11.5. The van der Waals surface area contributed by atoms with E-state index in [1.807, 2.05) is 18.2 Å². The minimum atomic E-state index is 0.0847. The average Bonchev–Trinajstić information content (AvgIpc) is 2.41. The van der Waals surface area contributed by atoms with Crippen molar-refractivity contribution in [1.82, 2.24) is 0 Å². The van der Waals surface area contributed by atoms with Gasteiger partial charge < -0.3 is 5.32 Å². The van der Waals surface area contributed by atoms with E-state index >= 15 is 0 Å². The first-order valence-electron chi connectivity index (χ1n) is 6.71. The molecule has 1 aliphatic heterocycles. The number of amides is 1. The minimum absolute atomic E-state index is 0.0847. The number of rotatable bonds is 1. The maximum Gasteiger partial charge on any atom is 0.225 e. The lowest BCUT2D eigenvalue weighted by atomic mass is 9.83. The van der Waals surface area contributed by atoms with Gasteiger partial charge in [-0.05, 0) is 48.2 Å². The van der Waals surface area contributed by atoms with E-state index in [0.29, 0.717) is 6.42 Å². The van der Waals surface area contributed by atoms with Gasteiger partial charge in [0.2, 0.25) is 5.91 Å². The predicted octanol–water partition coefficient (Wildman–Crippen LogP) is 4.54. The highest BCUT2D eigenvalue weighted by Gasteiger charge is 2.28. The van der Waals surface area contributed by atoms with Crippen LogP contribution in [0.2, 0.25) is 0 Å². The fraction of sp³-hybridized carbons (Fsp3) is 0.235. The molecule has 1 amide bonds. The Kier molecular flexibility index (Phi) is 3.38. The maximum absolute atomic E-state index is 12.0. The molecule has 1 N–H and O–H groups in total. The van der Waals surface area contributed by atoms with Crippen molar-refractivity contribution in [2.24, 2.45) is 0 Å². The Hall–Kier alpha value is -1.61. The summed E-state index contributed by atoms with van der Waals surface area (Å²) < 4.78 is 1.06. The van der Waals surface area contributed by atoms with E-state index in [-0.39, 0.29) is 11.8 Å². The van der Waals surface area contributed by atoms with Crippen LogP contribution in [0.5, 0.6) is 0 Å². The number of fused-ring (bicyclic) bond motifs is 1. The van der Waals surface area contributed by atoms with Gasteiger partial charge in [0, 0.05) is 22.5 Å². The molecule has 1 heterocycles. The molecular formula is C17H16BrNO. The Bertz CT molecular complexity index is 693. The van der Waals surface area contributed by atoms with E-state index in [4.69, 9.17) is 0 Å². The standard InChI is InChI=1S/C17H16BrNO/c1-10-7-14-13(12-5-3-4-6-15(12)18)9-17(20)19-16(14)8-11(10)2/h3-8,13H,9H2,1-2H3,(H,19,20)/t13-/m0/s1. The molecule has 102 valence electrons. The predicted molar refractivity (Wildman–Crippen MR) is 85.1 cm³/mol. The lowest BCUT2D eigenvalue weighted by molar-refractivity contribution is -0.116. The number of carbonyl (C=O) groups is 1.